The lowest BCUT2D eigenvalue weighted by atomic mass is 10.4. The van der Waals surface area contributed by atoms with E-state index in [1.807, 2.05) is 0 Å². The highest BCUT2D eigenvalue weighted by molar-refractivity contribution is 5.52. The molecule has 0 aromatic rings. The largest absolute Gasteiger partial charge is 0.291 e. The quantitative estimate of drug-likeness (QED) is 0.482. The fourth-order valence-electron chi connectivity index (χ4n) is 0.212. The highest BCUT2D eigenvalue weighted by Crippen LogP contribution is 1.75. The van der Waals surface area contributed by atoms with Gasteiger partial charge in [0.15, 0.2) is 0 Å². The van der Waals surface area contributed by atoms with Crippen molar-refractivity contribution in [2.45, 2.75) is 6.42 Å². The maximum Gasteiger partial charge on any atom is 0.202 e. The minimum absolute atomic E-state index is 0.367. The van der Waals surface area contributed by atoms with Crippen LogP contribution >= 0.6 is 0 Å². The van der Waals surface area contributed by atoms with Gasteiger partial charge in [-0.15, -0.1) is 0 Å². The molecule has 0 atom stereocenters. The Bertz CT molecular complexity index is 82.2. The van der Waals surface area contributed by atoms with Crippen molar-refractivity contribution in [1.29, 1.82) is 0 Å². The van der Waals surface area contributed by atoms with Gasteiger partial charge in [-0.2, -0.15) is 0 Å². The first-order valence-corrected chi connectivity index (χ1v) is 2.04. The van der Waals surface area contributed by atoms with E-state index in [1.54, 1.807) is 24.5 Å². The van der Waals surface area contributed by atoms with Gasteiger partial charge in [0.05, 0.1) is 0 Å². The molecular weight excluding hydrogens is 88.1 g/mol. The Balaban J connectivity index is 3.08. The Labute approximate surface area is 43.3 Å². The minimum atomic E-state index is 0.367. The molecule has 0 heterocycles. The lowest BCUT2D eigenvalue weighted by Gasteiger charge is -1.66. The van der Waals surface area contributed by atoms with Gasteiger partial charge in [0.2, 0.25) is 6.29 Å². The van der Waals surface area contributed by atoms with E-state index in [9.17, 15) is 4.79 Å². The molecule has 1 nitrogen and oxygen atoms in total. The summed E-state index contributed by atoms with van der Waals surface area (Å²) in [7, 11) is 0. The predicted octanol–water partition coefficient (Wildman–Crippen LogP) is 1.23. The van der Waals surface area contributed by atoms with Crippen LogP contribution in [0.2, 0.25) is 0 Å². The van der Waals surface area contributed by atoms with Gasteiger partial charge in [0.25, 0.3) is 0 Å². The van der Waals surface area contributed by atoms with E-state index in [2.05, 4.69) is 6.58 Å². The average Bonchev–Trinajstić information content (AvgIpc) is 1.69. The molecule has 0 aromatic heterocycles. The number of allylic oxidation sites excluding steroid dienone is 3. The van der Waals surface area contributed by atoms with Crippen LogP contribution in [0.5, 0.6) is 0 Å². The zero-order valence-electron chi connectivity index (χ0n) is 4.05. The second-order valence-electron chi connectivity index (χ2n) is 1.01. The number of carbonyl (C=O) groups excluding carboxylic acids is 1. The fraction of sp³-hybridized carbons (Fsp3) is 0.167. The second kappa shape index (κ2) is 5.15. The maximum atomic E-state index is 9.47. The molecule has 0 spiro atoms. The topological polar surface area (TPSA) is 17.1 Å². The third-order valence-corrected chi connectivity index (χ3v) is 0.473. The van der Waals surface area contributed by atoms with E-state index in [0.29, 0.717) is 6.42 Å². The van der Waals surface area contributed by atoms with E-state index in [0.717, 1.165) is 0 Å². The van der Waals surface area contributed by atoms with Crippen LogP contribution in [0.15, 0.2) is 24.8 Å². The summed E-state index contributed by atoms with van der Waals surface area (Å²) in [5.74, 6) is 0. The molecule has 0 saturated carbocycles. The van der Waals surface area contributed by atoms with E-state index in [1.165, 1.54) is 0 Å². The average molecular weight is 95.1 g/mol. The van der Waals surface area contributed by atoms with Crippen LogP contribution in [0.25, 0.3) is 0 Å². The van der Waals surface area contributed by atoms with Crippen LogP contribution in [-0.4, -0.2) is 6.29 Å². The molecule has 0 bridgehead atoms. The summed E-state index contributed by atoms with van der Waals surface area (Å²) in [6.45, 7) is 3.42. The summed E-state index contributed by atoms with van der Waals surface area (Å²) >= 11 is 0. The molecule has 0 aliphatic carbocycles. The number of rotatable bonds is 3. The van der Waals surface area contributed by atoms with Crippen molar-refractivity contribution >= 4 is 6.29 Å². The predicted molar refractivity (Wildman–Crippen MR) is 29.6 cm³/mol. The zero-order valence-corrected chi connectivity index (χ0v) is 4.05. The van der Waals surface area contributed by atoms with Crippen LogP contribution in [0.1, 0.15) is 6.42 Å². The van der Waals surface area contributed by atoms with Crippen LogP contribution in [0.4, 0.5) is 0 Å². The first-order valence-electron chi connectivity index (χ1n) is 2.04. The van der Waals surface area contributed by atoms with Gasteiger partial charge < -0.3 is 0 Å². The smallest absolute Gasteiger partial charge is 0.202 e. The molecule has 0 aliphatic rings. The summed E-state index contributed by atoms with van der Waals surface area (Å²) < 4.78 is 0. The third-order valence-electron chi connectivity index (χ3n) is 0.473. The summed E-state index contributed by atoms with van der Waals surface area (Å²) in [6.07, 6.45) is 7.12. The monoisotopic (exact) mass is 95.0 g/mol. The third kappa shape index (κ3) is 5.15. The van der Waals surface area contributed by atoms with Crippen molar-refractivity contribution < 1.29 is 4.79 Å². The van der Waals surface area contributed by atoms with Crippen molar-refractivity contribution in [2.75, 3.05) is 0 Å². The molecule has 0 saturated heterocycles. The van der Waals surface area contributed by atoms with Gasteiger partial charge in [-0.1, -0.05) is 24.8 Å². The van der Waals surface area contributed by atoms with E-state index < -0.39 is 0 Å². The Hall–Kier alpha value is -0.850. The lowest BCUT2D eigenvalue weighted by Crippen LogP contribution is -1.61. The second-order valence-corrected chi connectivity index (χ2v) is 1.01. The molecule has 0 aliphatic heterocycles. The zero-order chi connectivity index (χ0) is 5.54. The maximum absolute atomic E-state index is 9.47. The number of hydrogen-bond donors (Lipinski definition) is 0. The van der Waals surface area contributed by atoms with Crippen LogP contribution in [-0.2, 0) is 4.79 Å². The van der Waals surface area contributed by atoms with Gasteiger partial charge in [0.1, 0.15) is 0 Å². The normalized spacial score (nSPS) is 9.14. The molecule has 1 radical (unpaired) electrons. The van der Waals surface area contributed by atoms with Crippen molar-refractivity contribution in [1.82, 2.24) is 0 Å². The Morgan fingerprint density at radius 2 is 2.43 bits per heavy atom. The van der Waals surface area contributed by atoms with Crippen molar-refractivity contribution in [3.05, 3.63) is 24.8 Å². The molecular formula is C6H7O. The van der Waals surface area contributed by atoms with Crippen LogP contribution in [0.3, 0.4) is 0 Å². The van der Waals surface area contributed by atoms with Gasteiger partial charge in [-0.05, 0) is 0 Å². The lowest BCUT2D eigenvalue weighted by molar-refractivity contribution is 0.556. The van der Waals surface area contributed by atoms with Crippen molar-refractivity contribution in [3.63, 3.8) is 0 Å². The summed E-state index contributed by atoms with van der Waals surface area (Å²) in [5.41, 5.74) is 0. The molecule has 0 N–H and O–H groups in total. The van der Waals surface area contributed by atoms with Gasteiger partial charge in [-0.25, -0.2) is 0 Å². The Kier molecular flexibility index (Phi) is 4.52. The molecule has 1 heteroatoms. The Morgan fingerprint density at radius 3 is 2.86 bits per heavy atom. The first kappa shape index (κ1) is 6.15. The molecule has 7 heavy (non-hydrogen) atoms. The van der Waals surface area contributed by atoms with Gasteiger partial charge in [0, 0.05) is 6.42 Å². The molecule has 0 aromatic carbocycles. The summed E-state index contributed by atoms with van der Waals surface area (Å²) in [5, 5.41) is 0. The SMILES string of the molecule is C=CC=CC[C]=O. The van der Waals surface area contributed by atoms with Gasteiger partial charge in [-0.3, -0.25) is 4.79 Å². The highest BCUT2D eigenvalue weighted by atomic mass is 16.1. The molecule has 0 rings (SSSR count). The fourth-order valence-corrected chi connectivity index (χ4v) is 0.212. The van der Waals surface area contributed by atoms with Crippen LogP contribution < -0.4 is 0 Å². The van der Waals surface area contributed by atoms with Crippen molar-refractivity contribution in [3.8, 4) is 0 Å². The van der Waals surface area contributed by atoms with E-state index >= 15 is 0 Å². The van der Waals surface area contributed by atoms with Crippen molar-refractivity contribution in [2.24, 2.45) is 0 Å². The highest BCUT2D eigenvalue weighted by Gasteiger charge is 1.66. The molecule has 0 amide bonds. The summed E-state index contributed by atoms with van der Waals surface area (Å²) in [6, 6.07) is 0. The molecule has 0 fully saturated rings. The number of hydrogen-bond acceptors (Lipinski definition) is 1. The molecule has 37 valence electrons. The standard InChI is InChI=1S/C6H7O/c1-2-3-4-5-6-7/h2-4H,1,5H2. The van der Waals surface area contributed by atoms with E-state index in [4.69, 9.17) is 0 Å². The van der Waals surface area contributed by atoms with Gasteiger partial charge >= 0.3 is 0 Å². The molecule has 0 unspecified atom stereocenters. The Morgan fingerprint density at radius 1 is 1.71 bits per heavy atom. The summed E-state index contributed by atoms with van der Waals surface area (Å²) in [4.78, 5) is 9.47. The first-order chi connectivity index (χ1) is 3.41. The van der Waals surface area contributed by atoms with E-state index in [-0.39, 0.29) is 0 Å². The van der Waals surface area contributed by atoms with Crippen LogP contribution in [0, 0.1) is 0 Å². The minimum Gasteiger partial charge on any atom is -0.291 e.